The standard InChI is InChI=1S/C14H27NS/c16-12-5-1-4-10-15-11-6-9-14(15)13-7-2-3-8-13/h13-14,16H,1-12H2. The van der Waals surface area contributed by atoms with Gasteiger partial charge in [0.1, 0.15) is 0 Å². The number of nitrogens with zero attached hydrogens (tertiary/aromatic N) is 1. The van der Waals surface area contributed by atoms with Crippen LogP contribution < -0.4 is 0 Å². The topological polar surface area (TPSA) is 3.24 Å². The molecule has 94 valence electrons. The molecule has 0 N–H and O–H groups in total. The highest BCUT2D eigenvalue weighted by Crippen LogP contribution is 2.35. The van der Waals surface area contributed by atoms with E-state index in [-0.39, 0.29) is 0 Å². The molecule has 2 aliphatic rings. The summed E-state index contributed by atoms with van der Waals surface area (Å²) in [6, 6.07) is 0.957. The summed E-state index contributed by atoms with van der Waals surface area (Å²) < 4.78 is 0. The number of unbranched alkanes of at least 4 members (excludes halogenated alkanes) is 2. The summed E-state index contributed by atoms with van der Waals surface area (Å²) in [4.78, 5) is 2.80. The molecule has 1 saturated heterocycles. The molecule has 0 radical (unpaired) electrons. The molecule has 0 spiro atoms. The Morgan fingerprint density at radius 1 is 0.938 bits per heavy atom. The number of hydrogen-bond acceptors (Lipinski definition) is 2. The number of hydrogen-bond donors (Lipinski definition) is 1. The lowest BCUT2D eigenvalue weighted by Gasteiger charge is -2.29. The zero-order valence-corrected chi connectivity index (χ0v) is 11.4. The molecule has 0 aromatic heterocycles. The highest BCUT2D eigenvalue weighted by molar-refractivity contribution is 7.80. The molecule has 16 heavy (non-hydrogen) atoms. The van der Waals surface area contributed by atoms with Crippen molar-refractivity contribution in [3.05, 3.63) is 0 Å². The van der Waals surface area contributed by atoms with E-state index >= 15 is 0 Å². The third kappa shape index (κ3) is 3.40. The largest absolute Gasteiger partial charge is 0.300 e. The lowest BCUT2D eigenvalue weighted by molar-refractivity contribution is 0.187. The summed E-state index contributed by atoms with van der Waals surface area (Å²) in [6.45, 7) is 2.73. The minimum Gasteiger partial charge on any atom is -0.300 e. The van der Waals surface area contributed by atoms with Crippen molar-refractivity contribution in [2.24, 2.45) is 5.92 Å². The zero-order valence-electron chi connectivity index (χ0n) is 10.5. The summed E-state index contributed by atoms with van der Waals surface area (Å²) in [7, 11) is 0. The van der Waals surface area contributed by atoms with E-state index in [9.17, 15) is 0 Å². The van der Waals surface area contributed by atoms with Gasteiger partial charge in [-0.3, -0.25) is 0 Å². The zero-order chi connectivity index (χ0) is 11.2. The van der Waals surface area contributed by atoms with E-state index in [0.717, 1.165) is 17.7 Å². The van der Waals surface area contributed by atoms with Crippen LogP contribution in [0.4, 0.5) is 0 Å². The first-order valence-corrected chi connectivity index (χ1v) is 7.90. The van der Waals surface area contributed by atoms with Gasteiger partial charge >= 0.3 is 0 Å². The van der Waals surface area contributed by atoms with Crippen LogP contribution in [0.2, 0.25) is 0 Å². The van der Waals surface area contributed by atoms with Gasteiger partial charge in [-0.1, -0.05) is 19.3 Å². The van der Waals surface area contributed by atoms with E-state index in [2.05, 4.69) is 17.5 Å². The van der Waals surface area contributed by atoms with Crippen molar-refractivity contribution in [1.82, 2.24) is 4.90 Å². The second kappa shape index (κ2) is 6.90. The van der Waals surface area contributed by atoms with Gasteiger partial charge in [-0.25, -0.2) is 0 Å². The molecule has 0 amide bonds. The fourth-order valence-electron chi connectivity index (χ4n) is 3.61. The number of thiol groups is 1. The molecule has 2 heteroatoms. The van der Waals surface area contributed by atoms with Crippen molar-refractivity contribution in [3.8, 4) is 0 Å². The molecule has 2 rings (SSSR count). The normalized spacial score (nSPS) is 27.9. The SMILES string of the molecule is SCCCCCN1CCCC1C1CCCC1. The molecular weight excluding hydrogens is 214 g/mol. The van der Waals surface area contributed by atoms with Crippen LogP contribution in [-0.4, -0.2) is 29.8 Å². The second-order valence-electron chi connectivity index (χ2n) is 5.57. The summed E-state index contributed by atoms with van der Waals surface area (Å²) in [5.41, 5.74) is 0. The quantitative estimate of drug-likeness (QED) is 0.548. The molecule has 0 aromatic carbocycles. The summed E-state index contributed by atoms with van der Waals surface area (Å²) in [6.07, 6.45) is 13.0. The van der Waals surface area contributed by atoms with Gasteiger partial charge < -0.3 is 4.90 Å². The van der Waals surface area contributed by atoms with Crippen LogP contribution >= 0.6 is 12.6 Å². The van der Waals surface area contributed by atoms with Gasteiger partial charge in [0, 0.05) is 6.04 Å². The van der Waals surface area contributed by atoms with Crippen molar-refractivity contribution in [2.45, 2.75) is 63.8 Å². The smallest absolute Gasteiger partial charge is 0.0124 e. The van der Waals surface area contributed by atoms with Crippen molar-refractivity contribution >= 4 is 12.6 Å². The molecule has 1 nitrogen and oxygen atoms in total. The first-order chi connectivity index (χ1) is 7.92. The summed E-state index contributed by atoms with van der Waals surface area (Å²) >= 11 is 4.28. The monoisotopic (exact) mass is 241 g/mol. The minimum atomic E-state index is 0.957. The third-order valence-electron chi connectivity index (χ3n) is 4.46. The molecule has 1 heterocycles. The molecule has 2 fully saturated rings. The molecule has 1 aliphatic carbocycles. The predicted octanol–water partition coefficient (Wildman–Crippen LogP) is 3.74. The predicted molar refractivity (Wildman–Crippen MR) is 74.3 cm³/mol. The van der Waals surface area contributed by atoms with E-state index in [0.29, 0.717) is 0 Å². The fraction of sp³-hybridized carbons (Fsp3) is 1.00. The maximum Gasteiger partial charge on any atom is 0.0124 e. The first kappa shape index (κ1) is 12.8. The molecule has 1 atom stereocenters. The van der Waals surface area contributed by atoms with E-state index in [1.165, 1.54) is 70.9 Å². The van der Waals surface area contributed by atoms with Gasteiger partial charge in [-0.15, -0.1) is 0 Å². The fourth-order valence-corrected chi connectivity index (χ4v) is 3.83. The highest BCUT2D eigenvalue weighted by Gasteiger charge is 2.32. The van der Waals surface area contributed by atoms with Gasteiger partial charge in [0.2, 0.25) is 0 Å². The van der Waals surface area contributed by atoms with E-state index in [1.54, 1.807) is 0 Å². The van der Waals surface area contributed by atoms with Crippen molar-refractivity contribution in [1.29, 1.82) is 0 Å². The number of rotatable bonds is 6. The molecular formula is C14H27NS. The Bertz CT molecular complexity index is 189. The van der Waals surface area contributed by atoms with E-state index in [4.69, 9.17) is 0 Å². The maximum atomic E-state index is 4.28. The average Bonchev–Trinajstić information content (AvgIpc) is 2.94. The number of likely N-dealkylation sites (tertiary alicyclic amines) is 1. The molecule has 0 aromatic rings. The van der Waals surface area contributed by atoms with Crippen LogP contribution in [-0.2, 0) is 0 Å². The van der Waals surface area contributed by atoms with Crippen molar-refractivity contribution in [2.75, 3.05) is 18.8 Å². The third-order valence-corrected chi connectivity index (χ3v) is 4.78. The van der Waals surface area contributed by atoms with Crippen LogP contribution in [0.15, 0.2) is 0 Å². The van der Waals surface area contributed by atoms with E-state index in [1.807, 2.05) is 0 Å². The molecule has 1 aliphatic heterocycles. The lowest BCUT2D eigenvalue weighted by Crippen LogP contribution is -2.35. The maximum absolute atomic E-state index is 4.28. The Kier molecular flexibility index (Phi) is 5.51. The average molecular weight is 241 g/mol. The Balaban J connectivity index is 1.70. The Morgan fingerprint density at radius 2 is 1.75 bits per heavy atom. The van der Waals surface area contributed by atoms with E-state index < -0.39 is 0 Å². The van der Waals surface area contributed by atoms with Crippen molar-refractivity contribution in [3.63, 3.8) is 0 Å². The summed E-state index contributed by atoms with van der Waals surface area (Å²) in [5.74, 6) is 2.11. The molecule has 0 bridgehead atoms. The van der Waals surface area contributed by atoms with Gasteiger partial charge in [0.15, 0.2) is 0 Å². The van der Waals surface area contributed by atoms with Crippen LogP contribution in [0.5, 0.6) is 0 Å². The van der Waals surface area contributed by atoms with Gasteiger partial charge in [-0.05, 0) is 63.3 Å². The molecule has 1 unspecified atom stereocenters. The van der Waals surface area contributed by atoms with Gasteiger partial charge in [0.05, 0.1) is 0 Å². The lowest BCUT2D eigenvalue weighted by atomic mass is 9.96. The first-order valence-electron chi connectivity index (χ1n) is 7.26. The minimum absolute atomic E-state index is 0.957. The molecule has 1 saturated carbocycles. The Morgan fingerprint density at radius 3 is 2.50 bits per heavy atom. The van der Waals surface area contributed by atoms with Gasteiger partial charge in [0.25, 0.3) is 0 Å². The van der Waals surface area contributed by atoms with Crippen LogP contribution in [0, 0.1) is 5.92 Å². The van der Waals surface area contributed by atoms with Gasteiger partial charge in [-0.2, -0.15) is 12.6 Å². The Labute approximate surface area is 106 Å². The van der Waals surface area contributed by atoms with Crippen LogP contribution in [0.25, 0.3) is 0 Å². The highest BCUT2D eigenvalue weighted by atomic mass is 32.1. The summed E-state index contributed by atoms with van der Waals surface area (Å²) in [5, 5.41) is 0. The van der Waals surface area contributed by atoms with Crippen LogP contribution in [0.3, 0.4) is 0 Å². The second-order valence-corrected chi connectivity index (χ2v) is 6.02. The van der Waals surface area contributed by atoms with Crippen LogP contribution in [0.1, 0.15) is 57.8 Å². The Hall–Kier alpha value is 0.310. The van der Waals surface area contributed by atoms with Crippen molar-refractivity contribution < 1.29 is 0 Å².